The van der Waals surface area contributed by atoms with Crippen LogP contribution in [0.15, 0.2) is 35.5 Å². The van der Waals surface area contributed by atoms with E-state index in [1.165, 1.54) is 0 Å². The minimum Gasteiger partial charge on any atom is -0.458 e. The predicted octanol–water partition coefficient (Wildman–Crippen LogP) is 2.94. The summed E-state index contributed by atoms with van der Waals surface area (Å²) >= 11 is 0. The van der Waals surface area contributed by atoms with Gasteiger partial charge in [-0.25, -0.2) is 4.79 Å². The number of oxime groups is 1. The van der Waals surface area contributed by atoms with E-state index in [0.717, 1.165) is 0 Å². The van der Waals surface area contributed by atoms with E-state index in [4.69, 9.17) is 9.57 Å². The van der Waals surface area contributed by atoms with Crippen molar-refractivity contribution in [3.05, 3.63) is 35.9 Å². The van der Waals surface area contributed by atoms with Crippen LogP contribution in [0.1, 0.15) is 38.7 Å². The minimum absolute atomic E-state index is 0.0951. The normalized spacial score (nSPS) is 26.9. The summed E-state index contributed by atoms with van der Waals surface area (Å²) < 4.78 is 44.7. The lowest BCUT2D eigenvalue weighted by atomic mass is 9.80. The van der Waals surface area contributed by atoms with Crippen molar-refractivity contribution in [3.8, 4) is 0 Å². The number of ether oxygens (including phenoxy) is 1. The maximum absolute atomic E-state index is 13.2. The molecule has 2 aliphatic rings. The highest BCUT2D eigenvalue weighted by Crippen LogP contribution is 2.48. The Kier molecular flexibility index (Phi) is 4.89. The number of nitrogens with zero attached hydrogens (tertiary/aromatic N) is 1. The molecular weight excluding hydrogens is 377 g/mol. The fourth-order valence-electron chi connectivity index (χ4n) is 3.69. The topological polar surface area (TPSA) is 77.0 Å². The number of carbonyl (C=O) groups is 2. The van der Waals surface area contributed by atoms with E-state index in [2.05, 4.69) is 5.16 Å². The van der Waals surface area contributed by atoms with Crippen LogP contribution in [0.2, 0.25) is 0 Å². The molecule has 3 unspecified atom stereocenters. The lowest BCUT2D eigenvalue weighted by Gasteiger charge is -2.36. The molecule has 1 aliphatic carbocycles. The molecule has 0 saturated heterocycles. The van der Waals surface area contributed by atoms with Gasteiger partial charge in [0, 0.05) is 5.92 Å². The largest absolute Gasteiger partial charge is 0.471 e. The number of benzene rings is 1. The Hall–Kier alpha value is -2.58. The second-order valence-corrected chi connectivity index (χ2v) is 7.98. The number of halogens is 3. The summed E-state index contributed by atoms with van der Waals surface area (Å²) in [5.74, 6) is -4.45. The molecule has 1 aliphatic heterocycles. The number of rotatable bonds is 3. The van der Waals surface area contributed by atoms with Crippen LogP contribution in [0, 0.1) is 5.92 Å². The summed E-state index contributed by atoms with van der Waals surface area (Å²) in [5, 5.41) is 5.93. The van der Waals surface area contributed by atoms with Gasteiger partial charge < -0.3 is 14.9 Å². The highest BCUT2D eigenvalue weighted by molar-refractivity contribution is 6.06. The third-order valence-corrected chi connectivity index (χ3v) is 4.71. The van der Waals surface area contributed by atoms with Gasteiger partial charge in [-0.3, -0.25) is 4.79 Å². The number of alkyl halides is 3. The summed E-state index contributed by atoms with van der Waals surface area (Å²) in [7, 11) is 0. The van der Waals surface area contributed by atoms with Gasteiger partial charge in [0.25, 0.3) is 0 Å². The number of hydrogen-bond donors (Lipinski definition) is 1. The SMILES string of the molecule is CC(C)(C)OC(=O)C1(NC(=O)C(F)(F)F)CC2CON=C2C1c1ccccc1. The molecule has 3 rings (SSSR count). The molecule has 9 heteroatoms. The second kappa shape index (κ2) is 6.79. The van der Waals surface area contributed by atoms with Crippen molar-refractivity contribution < 1.29 is 32.3 Å². The van der Waals surface area contributed by atoms with Crippen LogP contribution in [0.3, 0.4) is 0 Å². The van der Waals surface area contributed by atoms with Gasteiger partial charge in [0.15, 0.2) is 5.54 Å². The number of hydrogen-bond acceptors (Lipinski definition) is 5. The van der Waals surface area contributed by atoms with Gasteiger partial charge in [0.1, 0.15) is 12.2 Å². The van der Waals surface area contributed by atoms with Gasteiger partial charge in [0.05, 0.1) is 11.6 Å². The van der Waals surface area contributed by atoms with Crippen molar-refractivity contribution in [1.29, 1.82) is 0 Å². The summed E-state index contributed by atoms with van der Waals surface area (Å²) in [6, 6.07) is 8.49. The fourth-order valence-corrected chi connectivity index (χ4v) is 3.69. The van der Waals surface area contributed by atoms with E-state index in [9.17, 15) is 22.8 Å². The Morgan fingerprint density at radius 1 is 1.21 bits per heavy atom. The van der Waals surface area contributed by atoms with Crippen LogP contribution in [-0.4, -0.2) is 41.5 Å². The Balaban J connectivity index is 2.12. The average Bonchev–Trinajstić information content (AvgIpc) is 3.12. The maximum atomic E-state index is 13.2. The van der Waals surface area contributed by atoms with E-state index in [-0.39, 0.29) is 13.0 Å². The van der Waals surface area contributed by atoms with E-state index in [1.807, 2.05) is 5.32 Å². The van der Waals surface area contributed by atoms with Gasteiger partial charge in [-0.1, -0.05) is 35.5 Å². The lowest BCUT2D eigenvalue weighted by Crippen LogP contribution is -2.61. The van der Waals surface area contributed by atoms with Crippen LogP contribution in [0.5, 0.6) is 0 Å². The van der Waals surface area contributed by atoms with Crippen LogP contribution in [0.4, 0.5) is 13.2 Å². The van der Waals surface area contributed by atoms with Crippen molar-refractivity contribution in [1.82, 2.24) is 5.32 Å². The monoisotopic (exact) mass is 398 g/mol. The van der Waals surface area contributed by atoms with E-state index in [1.54, 1.807) is 51.1 Å². The van der Waals surface area contributed by atoms with Gasteiger partial charge in [-0.15, -0.1) is 0 Å². The molecule has 1 aromatic rings. The first kappa shape index (κ1) is 20.2. The molecule has 0 spiro atoms. The maximum Gasteiger partial charge on any atom is 0.471 e. The summed E-state index contributed by atoms with van der Waals surface area (Å²) in [5.41, 5.74) is -1.92. The standard InChI is InChI=1S/C19H21F3N2O4/c1-17(2,3)28-16(26)18(23-15(25)19(20,21)22)9-12-10-27-24-14(12)13(18)11-7-5-4-6-8-11/h4-8,12-13H,9-10H2,1-3H3,(H,23,25). The highest BCUT2D eigenvalue weighted by Gasteiger charge is 2.62. The Morgan fingerprint density at radius 2 is 1.86 bits per heavy atom. The number of esters is 1. The summed E-state index contributed by atoms with van der Waals surface area (Å²) in [6.07, 6.45) is -5.24. The lowest BCUT2D eigenvalue weighted by molar-refractivity contribution is -0.181. The molecule has 0 aromatic heterocycles. The zero-order chi connectivity index (χ0) is 20.7. The van der Waals surface area contributed by atoms with Gasteiger partial charge in [0.2, 0.25) is 0 Å². The number of fused-ring (bicyclic) bond motifs is 1. The van der Waals surface area contributed by atoms with Crippen molar-refractivity contribution >= 4 is 17.6 Å². The molecule has 1 saturated carbocycles. The van der Waals surface area contributed by atoms with Gasteiger partial charge in [-0.2, -0.15) is 13.2 Å². The molecule has 1 N–H and O–H groups in total. The highest BCUT2D eigenvalue weighted by atomic mass is 19.4. The molecule has 6 nitrogen and oxygen atoms in total. The van der Waals surface area contributed by atoms with Crippen LogP contribution in [-0.2, 0) is 19.2 Å². The molecule has 1 heterocycles. The Labute approximate surface area is 160 Å². The predicted molar refractivity (Wildman–Crippen MR) is 93.5 cm³/mol. The molecule has 1 fully saturated rings. The minimum atomic E-state index is -5.15. The Morgan fingerprint density at radius 3 is 2.43 bits per heavy atom. The molecule has 3 atom stereocenters. The smallest absolute Gasteiger partial charge is 0.458 e. The molecule has 1 aromatic carbocycles. The van der Waals surface area contributed by atoms with E-state index >= 15 is 0 Å². The quantitative estimate of drug-likeness (QED) is 0.795. The molecule has 0 radical (unpaired) electrons. The summed E-state index contributed by atoms with van der Waals surface area (Å²) in [4.78, 5) is 30.1. The molecule has 0 bridgehead atoms. The van der Waals surface area contributed by atoms with Crippen LogP contribution >= 0.6 is 0 Å². The van der Waals surface area contributed by atoms with E-state index < -0.39 is 41.0 Å². The van der Waals surface area contributed by atoms with Gasteiger partial charge in [-0.05, 0) is 32.8 Å². The summed E-state index contributed by atoms with van der Waals surface area (Å²) in [6.45, 7) is 4.96. The zero-order valence-electron chi connectivity index (χ0n) is 15.7. The fraction of sp³-hybridized carbons (Fsp3) is 0.526. The van der Waals surface area contributed by atoms with E-state index in [0.29, 0.717) is 11.3 Å². The van der Waals surface area contributed by atoms with Gasteiger partial charge >= 0.3 is 18.1 Å². The van der Waals surface area contributed by atoms with Crippen molar-refractivity contribution in [3.63, 3.8) is 0 Å². The number of amides is 1. The third-order valence-electron chi connectivity index (χ3n) is 4.71. The average molecular weight is 398 g/mol. The number of carbonyl (C=O) groups excluding carboxylic acids is 2. The van der Waals surface area contributed by atoms with Crippen molar-refractivity contribution in [2.24, 2.45) is 11.1 Å². The van der Waals surface area contributed by atoms with Crippen molar-refractivity contribution in [2.45, 2.75) is 50.4 Å². The third kappa shape index (κ3) is 3.70. The van der Waals surface area contributed by atoms with Crippen molar-refractivity contribution in [2.75, 3.05) is 6.61 Å². The van der Waals surface area contributed by atoms with Crippen LogP contribution < -0.4 is 5.32 Å². The molecular formula is C19H21F3N2O4. The first-order chi connectivity index (χ1) is 12.9. The first-order valence-corrected chi connectivity index (χ1v) is 8.81. The Bertz CT molecular complexity index is 802. The second-order valence-electron chi connectivity index (χ2n) is 7.98. The molecule has 152 valence electrons. The van der Waals surface area contributed by atoms with Crippen LogP contribution in [0.25, 0.3) is 0 Å². The molecule has 28 heavy (non-hydrogen) atoms. The zero-order valence-corrected chi connectivity index (χ0v) is 15.7. The first-order valence-electron chi connectivity index (χ1n) is 8.81. The molecule has 1 amide bonds. The number of nitrogens with one attached hydrogen (secondary N) is 1.